The van der Waals surface area contributed by atoms with Crippen molar-refractivity contribution in [3.63, 3.8) is 0 Å². The van der Waals surface area contributed by atoms with E-state index < -0.39 is 11.6 Å². The molecule has 1 aromatic carbocycles. The van der Waals surface area contributed by atoms with Gasteiger partial charge in [0, 0.05) is 29.8 Å². The molecule has 1 saturated heterocycles. The van der Waals surface area contributed by atoms with Crippen molar-refractivity contribution in [2.75, 3.05) is 5.73 Å². The maximum atomic E-state index is 12.8. The highest BCUT2D eigenvalue weighted by Gasteiger charge is 2.45. The first-order valence-electron chi connectivity index (χ1n) is 7.76. The number of carbonyl (C=O) groups excluding carboxylic acids is 3. The first-order valence-corrected chi connectivity index (χ1v) is 7.76. The summed E-state index contributed by atoms with van der Waals surface area (Å²) < 4.78 is 0. The molecule has 23 heavy (non-hydrogen) atoms. The lowest BCUT2D eigenvalue weighted by atomic mass is 9.96. The third-order valence-electron chi connectivity index (χ3n) is 4.40. The molecule has 1 aromatic rings. The Bertz CT molecular complexity index is 706. The fraction of sp³-hybridized carbons (Fsp3) is 0.471. The van der Waals surface area contributed by atoms with Gasteiger partial charge >= 0.3 is 0 Å². The van der Waals surface area contributed by atoms with E-state index in [1.165, 1.54) is 4.90 Å². The van der Waals surface area contributed by atoms with Gasteiger partial charge in [0.2, 0.25) is 5.91 Å². The van der Waals surface area contributed by atoms with Crippen molar-refractivity contribution in [3.8, 4) is 0 Å². The van der Waals surface area contributed by atoms with Crippen LogP contribution in [0.15, 0.2) is 18.2 Å². The fourth-order valence-corrected chi connectivity index (χ4v) is 3.35. The number of likely N-dealkylation sites (tertiary alicyclic amines) is 1. The molecule has 0 aliphatic carbocycles. The Morgan fingerprint density at radius 1 is 1.17 bits per heavy atom. The zero-order valence-electron chi connectivity index (χ0n) is 13.6. The molecule has 3 rings (SSSR count). The number of nitrogens with two attached hydrogens (primary N) is 1. The predicted molar refractivity (Wildman–Crippen MR) is 85.4 cm³/mol. The summed E-state index contributed by atoms with van der Waals surface area (Å²) in [4.78, 5) is 40.5. The molecule has 0 bridgehead atoms. The van der Waals surface area contributed by atoms with E-state index in [0.29, 0.717) is 24.2 Å². The van der Waals surface area contributed by atoms with Gasteiger partial charge in [0.25, 0.3) is 11.8 Å². The Kier molecular flexibility index (Phi) is 3.43. The second kappa shape index (κ2) is 5.08. The van der Waals surface area contributed by atoms with Crippen LogP contribution in [0.4, 0.5) is 5.69 Å². The second-order valence-electron chi connectivity index (χ2n) is 7.14. The van der Waals surface area contributed by atoms with Gasteiger partial charge in [-0.05, 0) is 44.9 Å². The van der Waals surface area contributed by atoms with Gasteiger partial charge in [-0.15, -0.1) is 0 Å². The van der Waals surface area contributed by atoms with Crippen LogP contribution in [0.1, 0.15) is 49.5 Å². The number of amides is 3. The molecule has 1 atom stereocenters. The van der Waals surface area contributed by atoms with Crippen molar-refractivity contribution in [2.24, 2.45) is 0 Å². The fourth-order valence-electron chi connectivity index (χ4n) is 3.35. The number of rotatable bonds is 1. The highest BCUT2D eigenvalue weighted by Crippen LogP contribution is 2.32. The van der Waals surface area contributed by atoms with Crippen molar-refractivity contribution in [2.45, 2.75) is 51.7 Å². The minimum Gasteiger partial charge on any atom is -0.399 e. The maximum absolute atomic E-state index is 12.8. The summed E-state index contributed by atoms with van der Waals surface area (Å²) in [6, 6.07) is 4.64. The molecular weight excluding hydrogens is 294 g/mol. The zero-order valence-corrected chi connectivity index (χ0v) is 13.6. The minimum atomic E-state index is -0.590. The van der Waals surface area contributed by atoms with E-state index in [2.05, 4.69) is 0 Å². The number of hydrogen-bond donors (Lipinski definition) is 1. The van der Waals surface area contributed by atoms with Crippen LogP contribution in [-0.2, 0) is 16.1 Å². The Hall–Kier alpha value is -2.37. The summed E-state index contributed by atoms with van der Waals surface area (Å²) in [5.74, 6) is -0.649. The predicted octanol–water partition coefficient (Wildman–Crippen LogP) is 1.54. The molecule has 0 saturated carbocycles. The largest absolute Gasteiger partial charge is 0.399 e. The molecule has 0 radical (unpaired) electrons. The van der Waals surface area contributed by atoms with E-state index in [9.17, 15) is 14.4 Å². The minimum absolute atomic E-state index is 0.174. The third kappa shape index (κ3) is 2.48. The van der Waals surface area contributed by atoms with Crippen LogP contribution in [0.25, 0.3) is 0 Å². The van der Waals surface area contributed by atoms with Gasteiger partial charge in [-0.3, -0.25) is 19.3 Å². The van der Waals surface area contributed by atoms with E-state index in [1.54, 1.807) is 17.0 Å². The van der Waals surface area contributed by atoms with Gasteiger partial charge in [-0.2, -0.15) is 0 Å². The summed E-state index contributed by atoms with van der Waals surface area (Å²) >= 11 is 0. The Morgan fingerprint density at radius 2 is 1.87 bits per heavy atom. The molecule has 6 nitrogen and oxygen atoms in total. The molecule has 1 fully saturated rings. The quantitative estimate of drug-likeness (QED) is 0.629. The molecule has 2 aliphatic rings. The summed E-state index contributed by atoms with van der Waals surface area (Å²) in [5.41, 5.74) is 7.11. The van der Waals surface area contributed by atoms with Crippen molar-refractivity contribution < 1.29 is 14.4 Å². The number of hydrogen-bond acceptors (Lipinski definition) is 4. The van der Waals surface area contributed by atoms with Gasteiger partial charge in [0.1, 0.15) is 6.04 Å². The molecule has 2 aliphatic heterocycles. The number of fused-ring (bicyclic) bond motifs is 1. The highest BCUT2D eigenvalue weighted by molar-refractivity contribution is 6.06. The Morgan fingerprint density at radius 3 is 2.52 bits per heavy atom. The first kappa shape index (κ1) is 15.5. The lowest BCUT2D eigenvalue weighted by Crippen LogP contribution is -2.60. The second-order valence-corrected chi connectivity index (χ2v) is 7.14. The molecule has 0 spiro atoms. The van der Waals surface area contributed by atoms with E-state index >= 15 is 0 Å². The maximum Gasteiger partial charge on any atom is 0.255 e. The smallest absolute Gasteiger partial charge is 0.255 e. The van der Waals surface area contributed by atoms with Gasteiger partial charge in [-0.1, -0.05) is 6.07 Å². The van der Waals surface area contributed by atoms with Gasteiger partial charge in [-0.25, -0.2) is 0 Å². The Balaban J connectivity index is 1.90. The van der Waals surface area contributed by atoms with Crippen LogP contribution in [0, 0.1) is 0 Å². The average molecular weight is 315 g/mol. The van der Waals surface area contributed by atoms with Crippen molar-refractivity contribution >= 4 is 23.4 Å². The van der Waals surface area contributed by atoms with Gasteiger partial charge < -0.3 is 10.6 Å². The van der Waals surface area contributed by atoms with E-state index in [4.69, 9.17) is 5.73 Å². The zero-order chi connectivity index (χ0) is 16.9. The SMILES string of the molecule is CC(C)(C)N1C(=O)CCC(N2Cc3ccc(N)cc3C2=O)C1=O. The highest BCUT2D eigenvalue weighted by atomic mass is 16.2. The number of piperidine rings is 1. The molecule has 122 valence electrons. The lowest BCUT2D eigenvalue weighted by Gasteiger charge is -2.41. The van der Waals surface area contributed by atoms with Crippen molar-refractivity contribution in [1.29, 1.82) is 0 Å². The van der Waals surface area contributed by atoms with E-state index in [0.717, 1.165) is 5.56 Å². The summed E-state index contributed by atoms with van der Waals surface area (Å²) in [7, 11) is 0. The first-order chi connectivity index (χ1) is 10.7. The van der Waals surface area contributed by atoms with Crippen molar-refractivity contribution in [3.05, 3.63) is 29.3 Å². The van der Waals surface area contributed by atoms with Crippen molar-refractivity contribution in [1.82, 2.24) is 9.80 Å². The van der Waals surface area contributed by atoms with Gasteiger partial charge in [0.15, 0.2) is 0 Å². The molecule has 1 unspecified atom stereocenters. The molecule has 3 amide bonds. The normalized spacial score (nSPS) is 21.9. The van der Waals surface area contributed by atoms with Crippen LogP contribution in [-0.4, -0.2) is 39.1 Å². The van der Waals surface area contributed by atoms with Gasteiger partial charge in [0.05, 0.1) is 0 Å². The number of nitrogens with zero attached hydrogens (tertiary/aromatic N) is 2. The molecular formula is C17H21N3O3. The van der Waals surface area contributed by atoms with E-state index in [-0.39, 0.29) is 24.1 Å². The topological polar surface area (TPSA) is 83.7 Å². The molecule has 2 heterocycles. The van der Waals surface area contributed by atoms with Crippen LogP contribution >= 0.6 is 0 Å². The number of benzene rings is 1. The van der Waals surface area contributed by atoms with Crippen LogP contribution in [0.2, 0.25) is 0 Å². The van der Waals surface area contributed by atoms with Crippen LogP contribution < -0.4 is 5.73 Å². The number of anilines is 1. The number of imide groups is 1. The third-order valence-corrected chi connectivity index (χ3v) is 4.40. The van der Waals surface area contributed by atoms with Crippen LogP contribution in [0.5, 0.6) is 0 Å². The molecule has 2 N–H and O–H groups in total. The molecule has 0 aromatic heterocycles. The Labute approximate surface area is 135 Å². The summed E-state index contributed by atoms with van der Waals surface area (Å²) in [6.07, 6.45) is 0.648. The standard InChI is InChI=1S/C17H21N3O3/c1-17(2,3)20-14(21)7-6-13(16(20)23)19-9-10-4-5-11(18)8-12(10)15(19)22/h4-5,8,13H,6-7,9,18H2,1-3H3. The summed E-state index contributed by atoms with van der Waals surface area (Å²) in [5, 5.41) is 0. The monoisotopic (exact) mass is 315 g/mol. The number of carbonyl (C=O) groups is 3. The average Bonchev–Trinajstić information content (AvgIpc) is 2.75. The van der Waals surface area contributed by atoms with E-state index in [1.807, 2.05) is 26.8 Å². The number of nitrogen functional groups attached to an aromatic ring is 1. The van der Waals surface area contributed by atoms with Crippen LogP contribution in [0.3, 0.4) is 0 Å². The summed E-state index contributed by atoms with van der Waals surface area (Å²) in [6.45, 7) is 5.86. The molecule has 6 heteroatoms. The lowest BCUT2D eigenvalue weighted by molar-refractivity contribution is -0.158.